The van der Waals surface area contributed by atoms with Gasteiger partial charge in [0, 0.05) is 16.5 Å². The van der Waals surface area contributed by atoms with E-state index in [0.717, 1.165) is 35.0 Å². The van der Waals surface area contributed by atoms with Crippen LogP contribution in [0.3, 0.4) is 0 Å². The van der Waals surface area contributed by atoms with Crippen molar-refractivity contribution in [2.45, 2.75) is 24.8 Å². The van der Waals surface area contributed by atoms with Crippen LogP contribution in [0.2, 0.25) is 5.02 Å². The summed E-state index contributed by atoms with van der Waals surface area (Å²) >= 11 is 7.64. The maximum Gasteiger partial charge on any atom is 0.315 e. The topological polar surface area (TPSA) is 38.3 Å². The number of methoxy groups -OCH3 is 1. The molecule has 0 bridgehead atoms. The first-order valence-corrected chi connectivity index (χ1v) is 7.23. The predicted octanol–water partition coefficient (Wildman–Crippen LogP) is 3.10. The number of carbonyl (C=O) groups excluding carboxylic acids is 1. The van der Waals surface area contributed by atoms with Crippen LogP contribution in [0.5, 0.6) is 0 Å². The number of ether oxygens (including phenoxy) is 1. The van der Waals surface area contributed by atoms with Gasteiger partial charge in [0.05, 0.1) is 12.9 Å². The fraction of sp³-hybridized carbons (Fsp3) is 0.462. The van der Waals surface area contributed by atoms with E-state index in [1.165, 1.54) is 18.9 Å². The molecule has 0 aliphatic carbocycles. The zero-order valence-corrected chi connectivity index (χ0v) is 12.2. The van der Waals surface area contributed by atoms with Crippen molar-refractivity contribution >= 4 is 29.3 Å². The summed E-state index contributed by atoms with van der Waals surface area (Å²) in [5.74, 6) is 0.0740. The Kier molecular flexibility index (Phi) is 7.16. The molecule has 18 heavy (non-hydrogen) atoms. The zero-order chi connectivity index (χ0) is 13.4. The summed E-state index contributed by atoms with van der Waals surface area (Å²) in [6, 6.07) is 5.74. The molecule has 0 aliphatic rings. The molecule has 0 heterocycles. The molecule has 0 amide bonds. The Morgan fingerprint density at radius 3 is 2.94 bits per heavy atom. The van der Waals surface area contributed by atoms with E-state index in [2.05, 4.69) is 17.0 Å². The molecule has 0 unspecified atom stereocenters. The summed E-state index contributed by atoms with van der Waals surface area (Å²) in [5.41, 5.74) is 1.04. The Hall–Kier alpha value is -0.710. The first kappa shape index (κ1) is 15.3. The lowest BCUT2D eigenvalue weighted by atomic mass is 10.2. The highest BCUT2D eigenvalue weighted by Crippen LogP contribution is 2.28. The van der Waals surface area contributed by atoms with Gasteiger partial charge in [0.1, 0.15) is 0 Å². The standard InChI is InChI=1S/C13H18ClNO2S/c1-3-7-15-8-10-11(14)5-4-6-12(10)18-9-13(16)17-2/h4-6,15H,3,7-9H2,1-2H3. The van der Waals surface area contributed by atoms with E-state index in [0.29, 0.717) is 5.75 Å². The minimum atomic E-state index is -0.229. The third-order valence-electron chi connectivity index (χ3n) is 2.38. The van der Waals surface area contributed by atoms with Crippen LogP contribution in [0, 0.1) is 0 Å². The van der Waals surface area contributed by atoms with Crippen molar-refractivity contribution in [3.05, 3.63) is 28.8 Å². The van der Waals surface area contributed by atoms with E-state index in [1.807, 2.05) is 18.2 Å². The number of hydrogen-bond donors (Lipinski definition) is 1. The molecule has 1 aromatic rings. The highest BCUT2D eigenvalue weighted by atomic mass is 35.5. The van der Waals surface area contributed by atoms with Gasteiger partial charge in [0.25, 0.3) is 0 Å². The Labute approximate surface area is 117 Å². The summed E-state index contributed by atoms with van der Waals surface area (Å²) < 4.78 is 4.63. The van der Waals surface area contributed by atoms with Crippen LogP contribution < -0.4 is 5.32 Å². The molecule has 0 fully saturated rings. The van der Waals surface area contributed by atoms with E-state index in [4.69, 9.17) is 11.6 Å². The van der Waals surface area contributed by atoms with Crippen molar-refractivity contribution in [1.82, 2.24) is 5.32 Å². The molecule has 1 rings (SSSR count). The Morgan fingerprint density at radius 1 is 1.50 bits per heavy atom. The second kappa shape index (κ2) is 8.40. The lowest BCUT2D eigenvalue weighted by Gasteiger charge is -2.11. The van der Waals surface area contributed by atoms with Gasteiger partial charge in [-0.1, -0.05) is 24.6 Å². The summed E-state index contributed by atoms with van der Waals surface area (Å²) in [6.07, 6.45) is 1.08. The van der Waals surface area contributed by atoms with Crippen LogP contribution in [0.4, 0.5) is 0 Å². The number of benzene rings is 1. The van der Waals surface area contributed by atoms with Crippen LogP contribution in [-0.4, -0.2) is 25.4 Å². The van der Waals surface area contributed by atoms with Gasteiger partial charge in [-0.25, -0.2) is 0 Å². The van der Waals surface area contributed by atoms with Crippen molar-refractivity contribution in [1.29, 1.82) is 0 Å². The van der Waals surface area contributed by atoms with Gasteiger partial charge in [0.2, 0.25) is 0 Å². The van der Waals surface area contributed by atoms with Crippen LogP contribution in [0.15, 0.2) is 23.1 Å². The van der Waals surface area contributed by atoms with E-state index in [-0.39, 0.29) is 5.97 Å². The fourth-order valence-electron chi connectivity index (χ4n) is 1.43. The molecule has 0 saturated heterocycles. The zero-order valence-electron chi connectivity index (χ0n) is 10.7. The summed E-state index contributed by atoms with van der Waals surface area (Å²) in [7, 11) is 1.39. The van der Waals surface area contributed by atoms with Crippen LogP contribution in [0.1, 0.15) is 18.9 Å². The van der Waals surface area contributed by atoms with Crippen LogP contribution in [-0.2, 0) is 16.1 Å². The molecule has 0 aromatic heterocycles. The minimum absolute atomic E-state index is 0.229. The van der Waals surface area contributed by atoms with E-state index < -0.39 is 0 Å². The van der Waals surface area contributed by atoms with E-state index in [1.54, 1.807) is 0 Å². The molecule has 5 heteroatoms. The highest BCUT2D eigenvalue weighted by Gasteiger charge is 2.09. The summed E-state index contributed by atoms with van der Waals surface area (Å²) in [6.45, 7) is 3.79. The van der Waals surface area contributed by atoms with Crippen LogP contribution >= 0.6 is 23.4 Å². The number of carbonyl (C=O) groups is 1. The molecule has 1 N–H and O–H groups in total. The van der Waals surface area contributed by atoms with Crippen molar-refractivity contribution in [3.63, 3.8) is 0 Å². The minimum Gasteiger partial charge on any atom is -0.468 e. The lowest BCUT2D eigenvalue weighted by molar-refractivity contribution is -0.137. The third kappa shape index (κ3) is 4.88. The maximum atomic E-state index is 11.2. The van der Waals surface area contributed by atoms with Gasteiger partial charge >= 0.3 is 5.97 Å². The number of rotatable bonds is 7. The largest absolute Gasteiger partial charge is 0.468 e. The van der Waals surface area contributed by atoms with E-state index >= 15 is 0 Å². The average Bonchev–Trinajstić information content (AvgIpc) is 2.38. The molecule has 0 radical (unpaired) electrons. The van der Waals surface area contributed by atoms with Crippen molar-refractivity contribution in [2.24, 2.45) is 0 Å². The smallest absolute Gasteiger partial charge is 0.315 e. The lowest BCUT2D eigenvalue weighted by Crippen LogP contribution is -2.15. The highest BCUT2D eigenvalue weighted by molar-refractivity contribution is 8.00. The van der Waals surface area contributed by atoms with Gasteiger partial charge in [-0.2, -0.15) is 0 Å². The Morgan fingerprint density at radius 2 is 2.28 bits per heavy atom. The number of halogens is 1. The first-order chi connectivity index (χ1) is 8.69. The molecule has 0 spiro atoms. The number of esters is 1. The van der Waals surface area contributed by atoms with E-state index in [9.17, 15) is 4.79 Å². The first-order valence-electron chi connectivity index (χ1n) is 5.86. The quantitative estimate of drug-likeness (QED) is 0.475. The monoisotopic (exact) mass is 287 g/mol. The maximum absolute atomic E-state index is 11.2. The molecular formula is C13H18ClNO2S. The van der Waals surface area contributed by atoms with Crippen molar-refractivity contribution in [3.8, 4) is 0 Å². The predicted molar refractivity (Wildman–Crippen MR) is 76.2 cm³/mol. The molecule has 1 aromatic carbocycles. The molecule has 0 aliphatic heterocycles. The number of thioether (sulfide) groups is 1. The van der Waals surface area contributed by atoms with Gasteiger partial charge in [-0.05, 0) is 30.7 Å². The second-order valence-electron chi connectivity index (χ2n) is 3.76. The molecule has 100 valence electrons. The molecule has 0 atom stereocenters. The number of hydrogen-bond acceptors (Lipinski definition) is 4. The second-order valence-corrected chi connectivity index (χ2v) is 5.18. The fourth-order valence-corrected chi connectivity index (χ4v) is 2.65. The normalized spacial score (nSPS) is 10.4. The Balaban J connectivity index is 2.70. The van der Waals surface area contributed by atoms with Gasteiger partial charge in [-0.3, -0.25) is 4.79 Å². The van der Waals surface area contributed by atoms with Crippen LogP contribution in [0.25, 0.3) is 0 Å². The molecule has 0 saturated carbocycles. The third-order valence-corrected chi connectivity index (χ3v) is 3.81. The van der Waals surface area contributed by atoms with Crippen molar-refractivity contribution < 1.29 is 9.53 Å². The SMILES string of the molecule is CCCNCc1c(Cl)cccc1SCC(=O)OC. The Bertz CT molecular complexity index is 399. The number of nitrogens with one attached hydrogen (secondary N) is 1. The van der Waals surface area contributed by atoms with Gasteiger partial charge in [0.15, 0.2) is 0 Å². The van der Waals surface area contributed by atoms with Gasteiger partial charge in [-0.15, -0.1) is 11.8 Å². The van der Waals surface area contributed by atoms with Crippen molar-refractivity contribution in [2.75, 3.05) is 19.4 Å². The molecule has 3 nitrogen and oxygen atoms in total. The summed E-state index contributed by atoms with van der Waals surface area (Å²) in [4.78, 5) is 12.2. The molecular weight excluding hydrogens is 270 g/mol. The average molecular weight is 288 g/mol. The van der Waals surface area contributed by atoms with Gasteiger partial charge < -0.3 is 10.1 Å². The summed E-state index contributed by atoms with van der Waals surface area (Å²) in [5, 5.41) is 4.05.